The number of rotatable bonds is 4. The summed E-state index contributed by atoms with van der Waals surface area (Å²) in [6.07, 6.45) is 2.90. The maximum Gasteiger partial charge on any atom is 0.119 e. The molecule has 0 saturated heterocycles. The van der Waals surface area contributed by atoms with Gasteiger partial charge in [0.2, 0.25) is 0 Å². The Labute approximate surface area is 97.2 Å². The average molecular weight is 270 g/mol. The lowest BCUT2D eigenvalue weighted by Gasteiger charge is -2.08. The molecule has 1 N–H and O–H groups in total. The van der Waals surface area contributed by atoms with Crippen LogP contribution in [-0.2, 0) is 4.84 Å². The highest BCUT2D eigenvalue weighted by molar-refractivity contribution is 9.11. The molecule has 1 aliphatic heterocycles. The van der Waals surface area contributed by atoms with E-state index in [-0.39, 0.29) is 6.10 Å². The van der Waals surface area contributed by atoms with Crippen LogP contribution in [0.15, 0.2) is 41.0 Å². The van der Waals surface area contributed by atoms with E-state index < -0.39 is 0 Å². The van der Waals surface area contributed by atoms with Crippen LogP contribution in [0.2, 0.25) is 0 Å². The summed E-state index contributed by atoms with van der Waals surface area (Å²) in [6.45, 7) is 0.646. The number of benzene rings is 1. The Morgan fingerprint density at radius 1 is 1.33 bits per heavy atom. The van der Waals surface area contributed by atoms with Crippen LogP contribution < -0.4 is 10.2 Å². The van der Waals surface area contributed by atoms with E-state index in [1.54, 1.807) is 0 Å². The second-order valence-corrected chi connectivity index (χ2v) is 4.08. The zero-order valence-electron chi connectivity index (χ0n) is 8.15. The first-order chi connectivity index (χ1) is 7.34. The first kappa shape index (κ1) is 10.5. The third-order valence-corrected chi connectivity index (χ3v) is 2.48. The molecule has 0 bridgehead atoms. The number of halogens is 1. The fraction of sp³-hybridized carbons (Fsp3) is 0.273. The van der Waals surface area contributed by atoms with Crippen LogP contribution >= 0.6 is 15.9 Å². The van der Waals surface area contributed by atoms with Crippen LogP contribution in [0, 0.1) is 0 Å². The average Bonchev–Trinajstić information content (AvgIpc) is 2.66. The molecule has 3 nitrogen and oxygen atoms in total. The molecule has 0 aromatic heterocycles. The number of hydrogen-bond donors (Lipinski definition) is 1. The van der Waals surface area contributed by atoms with Crippen molar-refractivity contribution in [3.8, 4) is 5.75 Å². The minimum Gasteiger partial charge on any atom is -0.493 e. The van der Waals surface area contributed by atoms with E-state index in [4.69, 9.17) is 9.57 Å². The van der Waals surface area contributed by atoms with Crippen LogP contribution in [0.25, 0.3) is 0 Å². The molecule has 0 fully saturated rings. The zero-order valence-corrected chi connectivity index (χ0v) is 9.74. The Balaban J connectivity index is 1.72. The molecule has 1 heterocycles. The van der Waals surface area contributed by atoms with Crippen molar-refractivity contribution in [1.82, 2.24) is 5.48 Å². The van der Waals surface area contributed by atoms with E-state index in [2.05, 4.69) is 21.4 Å². The van der Waals surface area contributed by atoms with Crippen LogP contribution in [0.4, 0.5) is 0 Å². The summed E-state index contributed by atoms with van der Waals surface area (Å²) >= 11 is 3.30. The van der Waals surface area contributed by atoms with Crippen molar-refractivity contribution in [1.29, 1.82) is 0 Å². The molecule has 0 radical (unpaired) electrons. The first-order valence-electron chi connectivity index (χ1n) is 4.81. The number of hydroxylamine groups is 1. The molecule has 4 heteroatoms. The van der Waals surface area contributed by atoms with E-state index in [0.29, 0.717) is 6.61 Å². The van der Waals surface area contributed by atoms with E-state index in [9.17, 15) is 0 Å². The van der Waals surface area contributed by atoms with Gasteiger partial charge in [-0.05, 0) is 34.1 Å². The van der Waals surface area contributed by atoms with Crippen molar-refractivity contribution < 1.29 is 9.57 Å². The Morgan fingerprint density at radius 3 is 2.80 bits per heavy atom. The Morgan fingerprint density at radius 2 is 2.13 bits per heavy atom. The highest BCUT2D eigenvalue weighted by Gasteiger charge is 2.14. The second kappa shape index (κ2) is 5.19. The van der Waals surface area contributed by atoms with Gasteiger partial charge in [0.05, 0.1) is 6.61 Å². The summed E-state index contributed by atoms with van der Waals surface area (Å²) in [5, 5.41) is 0. The molecule has 0 saturated carbocycles. The van der Waals surface area contributed by atoms with Gasteiger partial charge in [-0.3, -0.25) is 10.3 Å². The Hall–Kier alpha value is -1.00. The molecule has 1 unspecified atom stereocenters. The van der Waals surface area contributed by atoms with Gasteiger partial charge in [-0.15, -0.1) is 0 Å². The van der Waals surface area contributed by atoms with Gasteiger partial charge in [0, 0.05) is 6.42 Å². The van der Waals surface area contributed by atoms with Crippen molar-refractivity contribution in [2.45, 2.75) is 12.5 Å². The molecule has 80 valence electrons. The maximum absolute atomic E-state index is 5.55. The molecule has 0 amide bonds. The van der Waals surface area contributed by atoms with Gasteiger partial charge < -0.3 is 4.74 Å². The number of para-hydroxylation sites is 1. The minimum absolute atomic E-state index is 0.0862. The minimum atomic E-state index is 0.0862. The molecule has 0 spiro atoms. The van der Waals surface area contributed by atoms with Crippen LogP contribution in [-0.4, -0.2) is 12.7 Å². The molecule has 0 aliphatic carbocycles. The van der Waals surface area contributed by atoms with Gasteiger partial charge in [0.15, 0.2) is 0 Å². The molecular weight excluding hydrogens is 258 g/mol. The predicted octanol–water partition coefficient (Wildman–Crippen LogP) is 2.60. The highest BCUT2D eigenvalue weighted by Crippen LogP contribution is 2.15. The predicted molar refractivity (Wildman–Crippen MR) is 61.6 cm³/mol. The molecule has 1 aliphatic rings. The quantitative estimate of drug-likeness (QED) is 0.853. The summed E-state index contributed by atoms with van der Waals surface area (Å²) in [4.78, 5) is 5.23. The third-order valence-electron chi connectivity index (χ3n) is 2.05. The highest BCUT2D eigenvalue weighted by atomic mass is 79.9. The SMILES string of the molecule is BrC1=CC(CCOc2ccccc2)ON1. The van der Waals surface area contributed by atoms with Crippen LogP contribution in [0.1, 0.15) is 6.42 Å². The Bertz CT molecular complexity index is 340. The maximum atomic E-state index is 5.55. The zero-order chi connectivity index (χ0) is 10.5. The van der Waals surface area contributed by atoms with E-state index in [1.807, 2.05) is 36.4 Å². The normalized spacial score (nSPS) is 19.5. The van der Waals surface area contributed by atoms with Crippen molar-refractivity contribution in [2.75, 3.05) is 6.61 Å². The van der Waals surface area contributed by atoms with E-state index in [0.717, 1.165) is 16.8 Å². The lowest BCUT2D eigenvalue weighted by molar-refractivity contribution is 0.0343. The lowest BCUT2D eigenvalue weighted by Crippen LogP contribution is -2.14. The van der Waals surface area contributed by atoms with Gasteiger partial charge >= 0.3 is 0 Å². The van der Waals surface area contributed by atoms with Gasteiger partial charge in [-0.2, -0.15) is 0 Å². The standard InChI is InChI=1S/C11H12BrNO2/c12-11-8-10(15-13-11)6-7-14-9-4-2-1-3-5-9/h1-5,8,10,13H,6-7H2. The van der Waals surface area contributed by atoms with Crippen LogP contribution in [0.5, 0.6) is 5.75 Å². The topological polar surface area (TPSA) is 30.5 Å². The number of hydrogen-bond acceptors (Lipinski definition) is 3. The van der Waals surface area contributed by atoms with Crippen molar-refractivity contribution in [3.63, 3.8) is 0 Å². The number of nitrogens with one attached hydrogen (secondary N) is 1. The summed E-state index contributed by atoms with van der Waals surface area (Å²) in [7, 11) is 0. The fourth-order valence-electron chi connectivity index (χ4n) is 1.32. The summed E-state index contributed by atoms with van der Waals surface area (Å²) in [6, 6.07) is 9.77. The van der Waals surface area contributed by atoms with Crippen molar-refractivity contribution >= 4 is 15.9 Å². The first-order valence-corrected chi connectivity index (χ1v) is 5.61. The summed E-state index contributed by atoms with van der Waals surface area (Å²) in [5.74, 6) is 0.895. The molecule has 2 rings (SSSR count). The van der Waals surface area contributed by atoms with Crippen LogP contribution in [0.3, 0.4) is 0 Å². The smallest absolute Gasteiger partial charge is 0.119 e. The molecule has 1 aromatic carbocycles. The largest absolute Gasteiger partial charge is 0.493 e. The Kier molecular flexibility index (Phi) is 3.64. The van der Waals surface area contributed by atoms with Gasteiger partial charge in [0.1, 0.15) is 16.5 Å². The van der Waals surface area contributed by atoms with Gasteiger partial charge in [-0.1, -0.05) is 18.2 Å². The van der Waals surface area contributed by atoms with Gasteiger partial charge in [-0.25, -0.2) is 0 Å². The van der Waals surface area contributed by atoms with Crippen molar-refractivity contribution in [3.05, 3.63) is 41.0 Å². The molecule has 15 heavy (non-hydrogen) atoms. The molecule has 1 aromatic rings. The molecular formula is C11H12BrNO2. The molecule has 1 atom stereocenters. The number of ether oxygens (including phenoxy) is 1. The third kappa shape index (κ3) is 3.25. The van der Waals surface area contributed by atoms with E-state index >= 15 is 0 Å². The fourth-order valence-corrected chi connectivity index (χ4v) is 1.70. The van der Waals surface area contributed by atoms with Crippen molar-refractivity contribution in [2.24, 2.45) is 0 Å². The monoisotopic (exact) mass is 269 g/mol. The summed E-state index contributed by atoms with van der Waals surface area (Å²) < 4.78 is 6.43. The van der Waals surface area contributed by atoms with Gasteiger partial charge in [0.25, 0.3) is 0 Å². The summed E-state index contributed by atoms with van der Waals surface area (Å²) in [5.41, 5.74) is 2.74. The second-order valence-electron chi connectivity index (χ2n) is 3.22. The van der Waals surface area contributed by atoms with E-state index in [1.165, 1.54) is 0 Å². The lowest BCUT2D eigenvalue weighted by atomic mass is 10.2.